The van der Waals surface area contributed by atoms with E-state index in [2.05, 4.69) is 5.32 Å². The molecule has 1 aliphatic rings. The SMILES string of the molecule is OC1CCC(NCc2ccco2)CC1. The minimum Gasteiger partial charge on any atom is -0.468 e. The van der Waals surface area contributed by atoms with Crippen LogP contribution in [0.15, 0.2) is 22.8 Å². The van der Waals surface area contributed by atoms with E-state index in [1.165, 1.54) is 0 Å². The van der Waals surface area contributed by atoms with Crippen molar-refractivity contribution in [3.63, 3.8) is 0 Å². The first-order valence-corrected chi connectivity index (χ1v) is 5.28. The largest absolute Gasteiger partial charge is 0.468 e. The Kier molecular flexibility index (Phi) is 3.22. The second-order valence-corrected chi connectivity index (χ2v) is 3.97. The lowest BCUT2D eigenvalue weighted by atomic mass is 9.93. The summed E-state index contributed by atoms with van der Waals surface area (Å²) in [7, 11) is 0. The predicted molar refractivity (Wildman–Crippen MR) is 53.8 cm³/mol. The fraction of sp³-hybridized carbons (Fsp3) is 0.636. The topological polar surface area (TPSA) is 45.4 Å². The van der Waals surface area contributed by atoms with Gasteiger partial charge in [-0.1, -0.05) is 0 Å². The first-order chi connectivity index (χ1) is 6.84. The maximum absolute atomic E-state index is 9.33. The van der Waals surface area contributed by atoms with Crippen molar-refractivity contribution < 1.29 is 9.52 Å². The molecule has 0 saturated heterocycles. The van der Waals surface area contributed by atoms with E-state index in [0.717, 1.165) is 38.0 Å². The van der Waals surface area contributed by atoms with Crippen molar-refractivity contribution >= 4 is 0 Å². The summed E-state index contributed by atoms with van der Waals surface area (Å²) in [6.07, 6.45) is 5.62. The maximum atomic E-state index is 9.33. The minimum absolute atomic E-state index is 0.0725. The fourth-order valence-electron chi connectivity index (χ4n) is 1.94. The first kappa shape index (κ1) is 9.74. The van der Waals surface area contributed by atoms with Gasteiger partial charge in [0.15, 0.2) is 0 Å². The molecule has 0 bridgehead atoms. The third-order valence-corrected chi connectivity index (χ3v) is 2.84. The predicted octanol–water partition coefficient (Wildman–Crippen LogP) is 1.67. The molecule has 0 aliphatic heterocycles. The van der Waals surface area contributed by atoms with Crippen LogP contribution in [0.4, 0.5) is 0 Å². The van der Waals surface area contributed by atoms with Gasteiger partial charge in [-0.2, -0.15) is 0 Å². The average molecular weight is 195 g/mol. The van der Waals surface area contributed by atoms with Gasteiger partial charge >= 0.3 is 0 Å². The lowest BCUT2D eigenvalue weighted by molar-refractivity contribution is 0.116. The van der Waals surface area contributed by atoms with Gasteiger partial charge in [0.1, 0.15) is 5.76 Å². The zero-order chi connectivity index (χ0) is 9.80. The second kappa shape index (κ2) is 4.62. The summed E-state index contributed by atoms with van der Waals surface area (Å²) in [5, 5.41) is 12.8. The molecular formula is C11H17NO2. The van der Waals surface area contributed by atoms with Crippen LogP contribution in [0.25, 0.3) is 0 Å². The molecule has 2 rings (SSSR count). The van der Waals surface area contributed by atoms with Crippen LogP contribution in [-0.2, 0) is 6.54 Å². The Balaban J connectivity index is 1.71. The molecule has 0 atom stereocenters. The molecule has 2 N–H and O–H groups in total. The highest BCUT2D eigenvalue weighted by Crippen LogP contribution is 2.18. The first-order valence-electron chi connectivity index (χ1n) is 5.28. The van der Waals surface area contributed by atoms with Crippen LogP contribution in [0.5, 0.6) is 0 Å². The lowest BCUT2D eigenvalue weighted by Crippen LogP contribution is -2.33. The summed E-state index contributed by atoms with van der Waals surface area (Å²) in [5.41, 5.74) is 0. The summed E-state index contributed by atoms with van der Waals surface area (Å²) in [6, 6.07) is 4.43. The molecule has 78 valence electrons. The van der Waals surface area contributed by atoms with Gasteiger partial charge in [0.05, 0.1) is 18.9 Å². The summed E-state index contributed by atoms with van der Waals surface area (Å²) in [5.74, 6) is 0.983. The quantitative estimate of drug-likeness (QED) is 0.771. The van der Waals surface area contributed by atoms with Crippen molar-refractivity contribution in [1.82, 2.24) is 5.32 Å². The van der Waals surface area contributed by atoms with Crippen molar-refractivity contribution in [3.05, 3.63) is 24.2 Å². The Labute approximate surface area is 84.1 Å². The molecule has 1 aromatic heterocycles. The number of hydrogen-bond donors (Lipinski definition) is 2. The standard InChI is InChI=1S/C11H17NO2/c13-10-5-3-9(4-6-10)12-8-11-2-1-7-14-11/h1-2,7,9-10,12-13H,3-6,8H2. The summed E-state index contributed by atoms with van der Waals surface area (Å²) in [6.45, 7) is 0.799. The summed E-state index contributed by atoms with van der Waals surface area (Å²) in [4.78, 5) is 0. The van der Waals surface area contributed by atoms with Crippen LogP contribution in [0, 0.1) is 0 Å². The van der Waals surface area contributed by atoms with Crippen LogP contribution in [0.1, 0.15) is 31.4 Å². The van der Waals surface area contributed by atoms with Gasteiger partial charge in [-0.15, -0.1) is 0 Å². The van der Waals surface area contributed by atoms with Crippen LogP contribution < -0.4 is 5.32 Å². The number of rotatable bonds is 3. The van der Waals surface area contributed by atoms with E-state index >= 15 is 0 Å². The lowest BCUT2D eigenvalue weighted by Gasteiger charge is -2.25. The van der Waals surface area contributed by atoms with Crippen LogP contribution in [-0.4, -0.2) is 17.3 Å². The Bertz CT molecular complexity index is 250. The van der Waals surface area contributed by atoms with Crippen LogP contribution >= 0.6 is 0 Å². The highest BCUT2D eigenvalue weighted by atomic mass is 16.3. The van der Waals surface area contributed by atoms with Crippen LogP contribution in [0.3, 0.4) is 0 Å². The third-order valence-electron chi connectivity index (χ3n) is 2.84. The average Bonchev–Trinajstić information content (AvgIpc) is 2.70. The molecule has 1 fully saturated rings. The van der Waals surface area contributed by atoms with Gasteiger partial charge in [-0.05, 0) is 37.8 Å². The van der Waals surface area contributed by atoms with E-state index < -0.39 is 0 Å². The van der Waals surface area contributed by atoms with Crippen molar-refractivity contribution in [1.29, 1.82) is 0 Å². The van der Waals surface area contributed by atoms with E-state index in [4.69, 9.17) is 4.42 Å². The number of aliphatic hydroxyl groups is 1. The molecule has 3 heteroatoms. The molecule has 0 radical (unpaired) electrons. The normalized spacial score (nSPS) is 27.8. The van der Waals surface area contributed by atoms with Gasteiger partial charge in [-0.3, -0.25) is 0 Å². The minimum atomic E-state index is -0.0725. The smallest absolute Gasteiger partial charge is 0.117 e. The molecule has 1 aromatic rings. The van der Waals surface area contributed by atoms with E-state index in [1.54, 1.807) is 6.26 Å². The highest BCUT2D eigenvalue weighted by molar-refractivity contribution is 4.97. The molecule has 1 saturated carbocycles. The molecule has 0 aromatic carbocycles. The van der Waals surface area contributed by atoms with Crippen molar-refractivity contribution in [3.8, 4) is 0 Å². The number of furan rings is 1. The molecule has 14 heavy (non-hydrogen) atoms. The van der Waals surface area contributed by atoms with E-state index in [9.17, 15) is 5.11 Å². The molecule has 3 nitrogen and oxygen atoms in total. The summed E-state index contributed by atoms with van der Waals surface area (Å²) >= 11 is 0. The molecule has 0 unspecified atom stereocenters. The number of nitrogens with one attached hydrogen (secondary N) is 1. The second-order valence-electron chi connectivity index (χ2n) is 3.97. The molecule has 1 heterocycles. The Hall–Kier alpha value is -0.800. The third kappa shape index (κ3) is 2.59. The number of aliphatic hydroxyl groups excluding tert-OH is 1. The fourth-order valence-corrected chi connectivity index (χ4v) is 1.94. The molecular weight excluding hydrogens is 178 g/mol. The van der Waals surface area contributed by atoms with Gasteiger partial charge in [0, 0.05) is 6.04 Å². The van der Waals surface area contributed by atoms with E-state index in [-0.39, 0.29) is 6.10 Å². The summed E-state index contributed by atoms with van der Waals surface area (Å²) < 4.78 is 5.23. The molecule has 0 amide bonds. The van der Waals surface area contributed by atoms with Gasteiger partial charge in [0.2, 0.25) is 0 Å². The van der Waals surface area contributed by atoms with Crippen molar-refractivity contribution in [2.75, 3.05) is 0 Å². The number of hydrogen-bond acceptors (Lipinski definition) is 3. The monoisotopic (exact) mass is 195 g/mol. The van der Waals surface area contributed by atoms with Crippen molar-refractivity contribution in [2.24, 2.45) is 0 Å². The Morgan fingerprint density at radius 1 is 1.36 bits per heavy atom. The maximum Gasteiger partial charge on any atom is 0.117 e. The van der Waals surface area contributed by atoms with Gasteiger partial charge in [-0.25, -0.2) is 0 Å². The van der Waals surface area contributed by atoms with E-state index in [1.807, 2.05) is 12.1 Å². The molecule has 1 aliphatic carbocycles. The van der Waals surface area contributed by atoms with Gasteiger partial charge < -0.3 is 14.8 Å². The molecule has 0 spiro atoms. The zero-order valence-corrected chi connectivity index (χ0v) is 8.28. The Morgan fingerprint density at radius 3 is 2.79 bits per heavy atom. The zero-order valence-electron chi connectivity index (χ0n) is 8.28. The van der Waals surface area contributed by atoms with Crippen molar-refractivity contribution in [2.45, 2.75) is 44.4 Å². The Morgan fingerprint density at radius 2 is 2.14 bits per heavy atom. The van der Waals surface area contributed by atoms with Gasteiger partial charge in [0.25, 0.3) is 0 Å². The highest BCUT2D eigenvalue weighted by Gasteiger charge is 2.18. The van der Waals surface area contributed by atoms with E-state index in [0.29, 0.717) is 6.04 Å². The van der Waals surface area contributed by atoms with Crippen LogP contribution in [0.2, 0.25) is 0 Å².